The number of aryl methyl sites for hydroxylation is 2. The molecule has 5 nitrogen and oxygen atoms in total. The van der Waals surface area contributed by atoms with Gasteiger partial charge in [-0.15, -0.1) is 0 Å². The third-order valence-corrected chi connectivity index (χ3v) is 3.12. The predicted octanol–water partition coefficient (Wildman–Crippen LogP) is 2.26. The maximum Gasteiger partial charge on any atom is 0.231 e. The van der Waals surface area contributed by atoms with Crippen LogP contribution in [0.2, 0.25) is 0 Å². The normalized spacial score (nSPS) is 13.0. The second-order valence-corrected chi connectivity index (χ2v) is 4.30. The molecule has 0 aliphatic carbocycles. The largest absolute Gasteiger partial charge is 0.454 e. The maximum absolute atomic E-state index is 6.03. The molecule has 94 valence electrons. The van der Waals surface area contributed by atoms with Gasteiger partial charge in [-0.3, -0.25) is 0 Å². The van der Waals surface area contributed by atoms with E-state index in [1.807, 2.05) is 13.0 Å². The first-order chi connectivity index (χ1) is 8.69. The van der Waals surface area contributed by atoms with Crippen molar-refractivity contribution in [2.24, 2.45) is 0 Å². The zero-order chi connectivity index (χ0) is 12.7. The van der Waals surface area contributed by atoms with E-state index >= 15 is 0 Å². The first-order valence-electron chi connectivity index (χ1n) is 5.94. The molecule has 1 aliphatic rings. The molecule has 18 heavy (non-hydrogen) atoms. The number of hydrogen-bond donors (Lipinski definition) is 2. The van der Waals surface area contributed by atoms with Crippen molar-refractivity contribution in [1.29, 1.82) is 0 Å². The molecule has 1 aliphatic heterocycles. The molecule has 0 bridgehead atoms. The van der Waals surface area contributed by atoms with Crippen LogP contribution in [0.4, 0.5) is 5.69 Å². The minimum absolute atomic E-state index is 0.246. The molecule has 0 fully saturated rings. The number of H-pyrrole nitrogens is 1. The van der Waals surface area contributed by atoms with Gasteiger partial charge in [-0.25, -0.2) is 4.98 Å². The molecule has 0 amide bonds. The van der Waals surface area contributed by atoms with Crippen LogP contribution in [0, 0.1) is 6.92 Å². The molecule has 0 radical (unpaired) electrons. The lowest BCUT2D eigenvalue weighted by atomic mass is 10.1. The van der Waals surface area contributed by atoms with E-state index in [1.54, 1.807) is 6.07 Å². The summed E-state index contributed by atoms with van der Waals surface area (Å²) in [4.78, 5) is 7.81. The van der Waals surface area contributed by atoms with Crippen molar-refractivity contribution in [2.45, 2.75) is 20.3 Å². The standard InChI is InChI=1S/C13H15N3O2/c1-3-10-7(2)15-13(16-10)8-4-11-12(5-9(8)14)18-6-17-11/h4-5H,3,6,14H2,1-2H3,(H,15,16). The number of hydrogen-bond acceptors (Lipinski definition) is 4. The molecule has 2 aromatic rings. The fraction of sp³-hybridized carbons (Fsp3) is 0.308. The van der Waals surface area contributed by atoms with Crippen LogP contribution in [-0.2, 0) is 6.42 Å². The van der Waals surface area contributed by atoms with Crippen LogP contribution < -0.4 is 15.2 Å². The molecule has 0 atom stereocenters. The number of nitrogens with two attached hydrogens (primary N) is 1. The predicted molar refractivity (Wildman–Crippen MR) is 68.7 cm³/mol. The highest BCUT2D eigenvalue weighted by molar-refractivity contribution is 5.76. The van der Waals surface area contributed by atoms with Crippen LogP contribution in [0.5, 0.6) is 11.5 Å². The van der Waals surface area contributed by atoms with Crippen molar-refractivity contribution in [3.05, 3.63) is 23.5 Å². The van der Waals surface area contributed by atoms with E-state index in [9.17, 15) is 0 Å². The molecule has 0 saturated heterocycles. The summed E-state index contributed by atoms with van der Waals surface area (Å²) in [6.45, 7) is 4.34. The highest BCUT2D eigenvalue weighted by Crippen LogP contribution is 2.39. The molecular weight excluding hydrogens is 230 g/mol. The van der Waals surface area contributed by atoms with Crippen molar-refractivity contribution in [3.63, 3.8) is 0 Å². The maximum atomic E-state index is 6.03. The van der Waals surface area contributed by atoms with Gasteiger partial charge in [0.05, 0.1) is 5.69 Å². The van der Waals surface area contributed by atoms with Gasteiger partial charge in [0.15, 0.2) is 11.5 Å². The minimum Gasteiger partial charge on any atom is -0.454 e. The molecule has 2 heterocycles. The summed E-state index contributed by atoms with van der Waals surface area (Å²) in [5.74, 6) is 2.18. The second kappa shape index (κ2) is 3.94. The average molecular weight is 245 g/mol. The fourth-order valence-corrected chi connectivity index (χ4v) is 2.13. The number of aromatic nitrogens is 2. The van der Waals surface area contributed by atoms with Crippen LogP contribution >= 0.6 is 0 Å². The second-order valence-electron chi connectivity index (χ2n) is 4.30. The topological polar surface area (TPSA) is 73.2 Å². The van der Waals surface area contributed by atoms with Crippen molar-refractivity contribution >= 4 is 5.69 Å². The summed E-state index contributed by atoms with van der Waals surface area (Å²) in [6.07, 6.45) is 0.896. The highest BCUT2D eigenvalue weighted by atomic mass is 16.7. The zero-order valence-electron chi connectivity index (χ0n) is 10.4. The minimum atomic E-state index is 0.246. The molecule has 0 saturated carbocycles. The lowest BCUT2D eigenvalue weighted by Gasteiger charge is -2.04. The quantitative estimate of drug-likeness (QED) is 0.796. The van der Waals surface area contributed by atoms with Crippen molar-refractivity contribution in [1.82, 2.24) is 9.97 Å². The van der Waals surface area contributed by atoms with Crippen molar-refractivity contribution < 1.29 is 9.47 Å². The fourth-order valence-electron chi connectivity index (χ4n) is 2.13. The van der Waals surface area contributed by atoms with E-state index in [2.05, 4.69) is 16.9 Å². The van der Waals surface area contributed by atoms with Crippen LogP contribution in [0.15, 0.2) is 12.1 Å². The van der Waals surface area contributed by atoms with Crippen molar-refractivity contribution in [3.8, 4) is 22.9 Å². The van der Waals surface area contributed by atoms with E-state index < -0.39 is 0 Å². The highest BCUT2D eigenvalue weighted by Gasteiger charge is 2.18. The number of rotatable bonds is 2. The Morgan fingerprint density at radius 3 is 2.72 bits per heavy atom. The van der Waals surface area contributed by atoms with Crippen LogP contribution in [-0.4, -0.2) is 16.8 Å². The Hall–Kier alpha value is -2.17. The number of imidazole rings is 1. The number of ether oxygens (including phenoxy) is 2. The SMILES string of the molecule is CCc1nc(-c2cc3c(cc2N)OCO3)[nH]c1C. The lowest BCUT2D eigenvalue weighted by molar-refractivity contribution is 0.174. The molecule has 0 unspecified atom stereocenters. The lowest BCUT2D eigenvalue weighted by Crippen LogP contribution is -1.92. The van der Waals surface area contributed by atoms with E-state index in [4.69, 9.17) is 15.2 Å². The molecule has 3 N–H and O–H groups in total. The average Bonchev–Trinajstić information content (AvgIpc) is 2.93. The van der Waals surface area contributed by atoms with Crippen molar-refractivity contribution in [2.75, 3.05) is 12.5 Å². The molecular formula is C13H15N3O2. The summed E-state index contributed by atoms with van der Waals surface area (Å²) in [5.41, 5.74) is 9.65. The Balaban J connectivity index is 2.10. The monoisotopic (exact) mass is 245 g/mol. The number of nitrogens with zero attached hydrogens (tertiary/aromatic N) is 1. The van der Waals surface area contributed by atoms with E-state index in [1.165, 1.54) is 0 Å². The third kappa shape index (κ3) is 1.59. The summed E-state index contributed by atoms with van der Waals surface area (Å²) < 4.78 is 10.6. The summed E-state index contributed by atoms with van der Waals surface area (Å²) in [6, 6.07) is 3.65. The number of benzene rings is 1. The van der Waals surface area contributed by atoms with Gasteiger partial charge in [-0.1, -0.05) is 6.92 Å². The Kier molecular flexibility index (Phi) is 2.40. The van der Waals surface area contributed by atoms with Crippen LogP contribution in [0.3, 0.4) is 0 Å². The Labute approximate surface area is 105 Å². The first kappa shape index (κ1) is 11.0. The van der Waals surface area contributed by atoms with Gasteiger partial charge >= 0.3 is 0 Å². The van der Waals surface area contributed by atoms with Gasteiger partial charge in [-0.2, -0.15) is 0 Å². The van der Waals surface area contributed by atoms with Gasteiger partial charge in [0, 0.05) is 23.0 Å². The molecule has 1 aromatic heterocycles. The number of nitrogen functional groups attached to an aromatic ring is 1. The molecule has 3 rings (SSSR count). The molecule has 5 heteroatoms. The summed E-state index contributed by atoms with van der Waals surface area (Å²) in [7, 11) is 0. The number of fused-ring (bicyclic) bond motifs is 1. The van der Waals surface area contributed by atoms with E-state index in [-0.39, 0.29) is 6.79 Å². The van der Waals surface area contributed by atoms with Crippen LogP contribution in [0.1, 0.15) is 18.3 Å². The number of anilines is 1. The Morgan fingerprint density at radius 1 is 1.33 bits per heavy atom. The Morgan fingerprint density at radius 2 is 2.06 bits per heavy atom. The van der Waals surface area contributed by atoms with Gasteiger partial charge in [0.1, 0.15) is 5.82 Å². The summed E-state index contributed by atoms with van der Waals surface area (Å²) >= 11 is 0. The number of aromatic amines is 1. The molecule has 1 aromatic carbocycles. The zero-order valence-corrected chi connectivity index (χ0v) is 10.4. The Bertz CT molecular complexity index is 605. The molecule has 0 spiro atoms. The van der Waals surface area contributed by atoms with E-state index in [0.29, 0.717) is 17.2 Å². The van der Waals surface area contributed by atoms with Gasteiger partial charge < -0.3 is 20.2 Å². The first-order valence-corrected chi connectivity index (χ1v) is 5.94. The van der Waals surface area contributed by atoms with Gasteiger partial charge in [0.2, 0.25) is 6.79 Å². The number of nitrogens with one attached hydrogen (secondary N) is 1. The summed E-state index contributed by atoms with van der Waals surface area (Å²) in [5, 5.41) is 0. The smallest absolute Gasteiger partial charge is 0.231 e. The third-order valence-electron chi connectivity index (χ3n) is 3.12. The van der Waals surface area contributed by atoms with Gasteiger partial charge in [0.25, 0.3) is 0 Å². The van der Waals surface area contributed by atoms with E-state index in [0.717, 1.165) is 29.2 Å². The van der Waals surface area contributed by atoms with Gasteiger partial charge in [-0.05, 0) is 19.4 Å². The van der Waals surface area contributed by atoms with Crippen LogP contribution in [0.25, 0.3) is 11.4 Å².